The molecule has 2 heterocycles. The lowest BCUT2D eigenvalue weighted by Crippen LogP contribution is -2.09. The van der Waals surface area contributed by atoms with E-state index in [1.54, 1.807) is 12.1 Å². The number of nitrogens with two attached hydrogens (primary N) is 1. The van der Waals surface area contributed by atoms with E-state index < -0.39 is 15.1 Å². The van der Waals surface area contributed by atoms with Gasteiger partial charge in [0.25, 0.3) is 5.89 Å². The molecule has 0 saturated heterocycles. The molecule has 0 aromatic carbocycles. The van der Waals surface area contributed by atoms with Crippen molar-refractivity contribution in [2.45, 2.75) is 12.2 Å². The molecular weight excluding hydrogens is 256 g/mol. The second-order valence-corrected chi connectivity index (χ2v) is 6.27. The van der Waals surface area contributed by atoms with Crippen LogP contribution in [0.15, 0.2) is 22.9 Å². The fourth-order valence-corrected chi connectivity index (χ4v) is 1.71. The summed E-state index contributed by atoms with van der Waals surface area (Å²) in [6, 6.07) is 3.27. The molecule has 2 rings (SSSR count). The monoisotopic (exact) mass is 268 g/mol. The highest BCUT2D eigenvalue weighted by atomic mass is 32.2. The molecule has 2 aromatic heterocycles. The van der Waals surface area contributed by atoms with Crippen molar-refractivity contribution in [1.29, 1.82) is 0 Å². The van der Waals surface area contributed by atoms with Crippen LogP contribution in [0.25, 0.3) is 11.6 Å². The van der Waals surface area contributed by atoms with Gasteiger partial charge in [0, 0.05) is 6.26 Å². The second kappa shape index (κ2) is 4.37. The first-order chi connectivity index (χ1) is 8.38. The average molecular weight is 268 g/mol. The van der Waals surface area contributed by atoms with Crippen LogP contribution in [0.1, 0.15) is 18.0 Å². The van der Waals surface area contributed by atoms with Crippen molar-refractivity contribution in [1.82, 2.24) is 15.1 Å². The molecule has 96 valence electrons. The zero-order chi connectivity index (χ0) is 13.3. The Hall–Kier alpha value is -1.96. The Kier molecular flexibility index (Phi) is 3.04. The quantitative estimate of drug-likeness (QED) is 0.876. The van der Waals surface area contributed by atoms with E-state index >= 15 is 0 Å². The number of nitrogen functional groups attached to an aromatic ring is 1. The van der Waals surface area contributed by atoms with Crippen LogP contribution in [-0.4, -0.2) is 29.8 Å². The molecule has 0 aliphatic carbocycles. The SMILES string of the molecule is CC(c1noc(-c2ccc(N)cn2)n1)S(C)(=O)=O. The maximum atomic E-state index is 11.4. The predicted octanol–water partition coefficient (Wildman–Crippen LogP) is 0.819. The summed E-state index contributed by atoms with van der Waals surface area (Å²) >= 11 is 0. The molecule has 0 spiro atoms. The van der Waals surface area contributed by atoms with Gasteiger partial charge >= 0.3 is 0 Å². The summed E-state index contributed by atoms with van der Waals surface area (Å²) in [5.41, 5.74) is 6.47. The maximum absolute atomic E-state index is 11.4. The van der Waals surface area contributed by atoms with Crippen LogP contribution in [-0.2, 0) is 9.84 Å². The van der Waals surface area contributed by atoms with Gasteiger partial charge in [0.15, 0.2) is 15.7 Å². The Balaban J connectivity index is 2.34. The van der Waals surface area contributed by atoms with Gasteiger partial charge in [-0.05, 0) is 19.1 Å². The van der Waals surface area contributed by atoms with Gasteiger partial charge in [-0.1, -0.05) is 5.16 Å². The zero-order valence-electron chi connectivity index (χ0n) is 9.86. The average Bonchev–Trinajstić information content (AvgIpc) is 2.77. The lowest BCUT2D eigenvalue weighted by molar-refractivity contribution is 0.420. The highest BCUT2D eigenvalue weighted by Crippen LogP contribution is 2.21. The van der Waals surface area contributed by atoms with E-state index in [4.69, 9.17) is 10.3 Å². The molecule has 0 fully saturated rings. The van der Waals surface area contributed by atoms with Gasteiger partial charge in [-0.25, -0.2) is 13.4 Å². The van der Waals surface area contributed by atoms with E-state index in [-0.39, 0.29) is 11.7 Å². The number of hydrogen-bond acceptors (Lipinski definition) is 7. The summed E-state index contributed by atoms with van der Waals surface area (Å²) in [5.74, 6) is 0.284. The maximum Gasteiger partial charge on any atom is 0.276 e. The van der Waals surface area contributed by atoms with E-state index in [1.165, 1.54) is 13.1 Å². The highest BCUT2D eigenvalue weighted by molar-refractivity contribution is 7.90. The van der Waals surface area contributed by atoms with E-state index in [0.717, 1.165) is 6.26 Å². The molecule has 8 heteroatoms. The second-order valence-electron chi connectivity index (χ2n) is 3.91. The Morgan fingerprint density at radius 2 is 2.11 bits per heavy atom. The molecule has 18 heavy (non-hydrogen) atoms. The van der Waals surface area contributed by atoms with Gasteiger partial charge in [-0.2, -0.15) is 4.98 Å². The lowest BCUT2D eigenvalue weighted by Gasteiger charge is -2.01. The van der Waals surface area contributed by atoms with Crippen LogP contribution in [0.3, 0.4) is 0 Å². The summed E-state index contributed by atoms with van der Waals surface area (Å²) < 4.78 is 27.7. The largest absolute Gasteiger partial charge is 0.397 e. The third kappa shape index (κ3) is 2.48. The van der Waals surface area contributed by atoms with Crippen LogP contribution >= 0.6 is 0 Å². The van der Waals surface area contributed by atoms with Crippen LogP contribution in [0.4, 0.5) is 5.69 Å². The summed E-state index contributed by atoms with van der Waals surface area (Å²) in [7, 11) is -3.26. The van der Waals surface area contributed by atoms with Gasteiger partial charge in [-0.3, -0.25) is 0 Å². The third-order valence-electron chi connectivity index (χ3n) is 2.45. The number of nitrogens with zero attached hydrogens (tertiary/aromatic N) is 3. The van der Waals surface area contributed by atoms with Crippen LogP contribution in [0, 0.1) is 0 Å². The molecule has 1 atom stereocenters. The van der Waals surface area contributed by atoms with E-state index in [2.05, 4.69) is 15.1 Å². The zero-order valence-corrected chi connectivity index (χ0v) is 10.7. The topological polar surface area (TPSA) is 112 Å². The van der Waals surface area contributed by atoms with Crippen LogP contribution in [0.2, 0.25) is 0 Å². The predicted molar refractivity (Wildman–Crippen MR) is 65.2 cm³/mol. The number of aromatic nitrogens is 3. The molecule has 0 amide bonds. The Labute approximate surface area is 104 Å². The standard InChI is InChI=1S/C10H12N4O3S/c1-6(18(2,15)16)9-13-10(17-14-9)8-4-3-7(11)5-12-8/h3-6H,11H2,1-2H3. The molecule has 0 bridgehead atoms. The van der Waals surface area contributed by atoms with Crippen molar-refractivity contribution in [3.8, 4) is 11.6 Å². The summed E-state index contributed by atoms with van der Waals surface area (Å²) in [6.45, 7) is 1.50. The molecule has 1 unspecified atom stereocenters. The minimum absolute atomic E-state index is 0.117. The fraction of sp³-hybridized carbons (Fsp3) is 0.300. The van der Waals surface area contributed by atoms with Gasteiger partial charge < -0.3 is 10.3 Å². The minimum Gasteiger partial charge on any atom is -0.397 e. The van der Waals surface area contributed by atoms with Gasteiger partial charge in [0.1, 0.15) is 10.9 Å². The smallest absolute Gasteiger partial charge is 0.276 e. The van der Waals surface area contributed by atoms with Gasteiger partial charge in [-0.15, -0.1) is 0 Å². The Bertz CT molecular complexity index is 648. The number of anilines is 1. The van der Waals surface area contributed by atoms with Crippen LogP contribution < -0.4 is 5.73 Å². The van der Waals surface area contributed by atoms with Crippen LogP contribution in [0.5, 0.6) is 0 Å². The molecule has 7 nitrogen and oxygen atoms in total. The first kappa shape index (κ1) is 12.5. The third-order valence-corrected chi connectivity index (χ3v) is 3.95. The van der Waals surface area contributed by atoms with Crippen molar-refractivity contribution in [3.63, 3.8) is 0 Å². The highest BCUT2D eigenvalue weighted by Gasteiger charge is 2.23. The van der Waals surface area contributed by atoms with E-state index in [0.29, 0.717) is 11.4 Å². The van der Waals surface area contributed by atoms with Crippen molar-refractivity contribution in [3.05, 3.63) is 24.2 Å². The van der Waals surface area contributed by atoms with E-state index in [9.17, 15) is 8.42 Å². The Morgan fingerprint density at radius 3 is 2.67 bits per heavy atom. The molecule has 0 radical (unpaired) electrons. The molecule has 2 N–H and O–H groups in total. The summed E-state index contributed by atoms with van der Waals surface area (Å²) in [4.78, 5) is 8.03. The number of pyridine rings is 1. The molecule has 0 aliphatic rings. The fourth-order valence-electron chi connectivity index (χ4n) is 1.23. The minimum atomic E-state index is -3.26. The summed E-state index contributed by atoms with van der Waals surface area (Å²) in [5, 5.41) is 2.83. The number of sulfone groups is 1. The van der Waals surface area contributed by atoms with E-state index in [1.807, 2.05) is 0 Å². The first-order valence-electron chi connectivity index (χ1n) is 5.12. The molecule has 2 aromatic rings. The molecular formula is C10H12N4O3S. The molecule has 0 aliphatic heterocycles. The summed E-state index contributed by atoms with van der Waals surface area (Å²) in [6.07, 6.45) is 2.58. The first-order valence-corrected chi connectivity index (χ1v) is 7.08. The number of rotatable bonds is 3. The van der Waals surface area contributed by atoms with Crippen molar-refractivity contribution >= 4 is 15.5 Å². The lowest BCUT2D eigenvalue weighted by atomic mass is 10.3. The van der Waals surface area contributed by atoms with Crippen molar-refractivity contribution in [2.24, 2.45) is 0 Å². The molecule has 0 saturated carbocycles. The number of hydrogen-bond donors (Lipinski definition) is 1. The Morgan fingerprint density at radius 1 is 1.39 bits per heavy atom. The van der Waals surface area contributed by atoms with Gasteiger partial charge in [0.05, 0.1) is 11.9 Å². The van der Waals surface area contributed by atoms with Crippen molar-refractivity contribution < 1.29 is 12.9 Å². The van der Waals surface area contributed by atoms with Crippen molar-refractivity contribution in [2.75, 3.05) is 12.0 Å². The van der Waals surface area contributed by atoms with Gasteiger partial charge in [0.2, 0.25) is 0 Å². The normalized spacial score (nSPS) is 13.4.